The van der Waals surface area contributed by atoms with E-state index in [0.29, 0.717) is 24.5 Å². The van der Waals surface area contributed by atoms with Crippen LogP contribution in [-0.2, 0) is 21.5 Å². The number of carboxylic acid groups (broad SMARTS) is 2. The zero-order valence-electron chi connectivity index (χ0n) is 20.2. The van der Waals surface area contributed by atoms with Gasteiger partial charge in [0.05, 0.1) is 21.5 Å². The fourth-order valence-corrected chi connectivity index (χ4v) is 4.90. The molecule has 0 saturated heterocycles. The first-order valence-corrected chi connectivity index (χ1v) is 11.1. The van der Waals surface area contributed by atoms with Crippen LogP contribution in [0.3, 0.4) is 0 Å². The van der Waals surface area contributed by atoms with Crippen molar-refractivity contribution in [1.82, 2.24) is 9.80 Å². The second-order valence-corrected chi connectivity index (χ2v) is 8.78. The third-order valence-electron chi connectivity index (χ3n) is 6.72. The summed E-state index contributed by atoms with van der Waals surface area (Å²) in [6.45, 7) is 4.17. The summed E-state index contributed by atoms with van der Waals surface area (Å²) in [7, 11) is 3.49. The highest BCUT2D eigenvalue weighted by atomic mass is 16.6. The van der Waals surface area contributed by atoms with Gasteiger partial charge in [-0.3, -0.25) is 10.1 Å². The maximum absolute atomic E-state index is 12.7. The molecule has 0 aromatic heterocycles. The van der Waals surface area contributed by atoms with Crippen LogP contribution in [0.15, 0.2) is 77.1 Å². The number of carboxylic acids is 2. The number of nitro groups is 1. The van der Waals surface area contributed by atoms with E-state index in [1.807, 2.05) is 42.3 Å². The summed E-state index contributed by atoms with van der Waals surface area (Å²) in [5.41, 5.74) is 0.0559. The zero-order chi connectivity index (χ0) is 25.9. The van der Waals surface area contributed by atoms with Crippen LogP contribution in [0.1, 0.15) is 31.4 Å². The highest BCUT2D eigenvalue weighted by molar-refractivity contribution is 6.00. The molecule has 3 rings (SSSR count). The molecule has 2 N–H and O–H groups in total. The Morgan fingerprint density at radius 3 is 2.09 bits per heavy atom. The second kappa shape index (κ2) is 10.1. The van der Waals surface area contributed by atoms with Gasteiger partial charge in [0.2, 0.25) is 0 Å². The largest absolute Gasteiger partial charge is 0.478 e. The number of allylic oxidation sites excluding steroid dienone is 2. The van der Waals surface area contributed by atoms with Crippen molar-refractivity contribution in [1.29, 1.82) is 0 Å². The predicted octanol–water partition coefficient (Wildman–Crippen LogP) is 4.02. The lowest BCUT2D eigenvalue weighted by Gasteiger charge is -2.44. The molecule has 0 radical (unpaired) electrons. The van der Waals surface area contributed by atoms with Crippen LogP contribution < -0.4 is 0 Å². The summed E-state index contributed by atoms with van der Waals surface area (Å²) in [5, 5.41) is 32.2. The van der Waals surface area contributed by atoms with Crippen LogP contribution in [-0.4, -0.2) is 57.5 Å². The quantitative estimate of drug-likeness (QED) is 0.408. The molecule has 1 aliphatic heterocycles. The number of benzene rings is 2. The molecule has 1 aliphatic rings. The lowest BCUT2D eigenvalue weighted by Crippen LogP contribution is -2.46. The number of non-ortho nitro benzene ring substituents is 1. The Balaban J connectivity index is 2.23. The van der Waals surface area contributed by atoms with E-state index in [1.54, 1.807) is 31.9 Å². The Hall–Kier alpha value is -3.98. The maximum atomic E-state index is 12.7. The van der Waals surface area contributed by atoms with Crippen LogP contribution in [0, 0.1) is 10.1 Å². The minimum atomic E-state index is -1.60. The first-order chi connectivity index (χ1) is 16.5. The molecule has 1 heterocycles. The predicted molar refractivity (Wildman–Crippen MR) is 131 cm³/mol. The molecule has 0 amide bonds. The van der Waals surface area contributed by atoms with Gasteiger partial charge in [-0.1, -0.05) is 42.5 Å². The first-order valence-electron chi connectivity index (χ1n) is 11.1. The highest BCUT2D eigenvalue weighted by Gasteiger charge is 2.51. The van der Waals surface area contributed by atoms with E-state index in [-0.39, 0.29) is 28.8 Å². The van der Waals surface area contributed by atoms with Gasteiger partial charge >= 0.3 is 11.9 Å². The van der Waals surface area contributed by atoms with Crippen LogP contribution in [0.2, 0.25) is 0 Å². The summed E-state index contributed by atoms with van der Waals surface area (Å²) in [6, 6.07) is 15.3. The van der Waals surface area contributed by atoms with Gasteiger partial charge < -0.3 is 20.0 Å². The van der Waals surface area contributed by atoms with Gasteiger partial charge in [-0.05, 0) is 45.0 Å². The van der Waals surface area contributed by atoms with Crippen molar-refractivity contribution in [3.05, 3.63) is 98.4 Å². The maximum Gasteiger partial charge on any atom is 0.334 e. The van der Waals surface area contributed by atoms with Crippen molar-refractivity contribution < 1.29 is 24.7 Å². The van der Waals surface area contributed by atoms with Crippen molar-refractivity contribution >= 4 is 17.6 Å². The Kier molecular flexibility index (Phi) is 7.40. The van der Waals surface area contributed by atoms with E-state index >= 15 is 0 Å². The normalized spacial score (nSPS) is 15.5. The molecule has 0 bridgehead atoms. The van der Waals surface area contributed by atoms with Crippen molar-refractivity contribution in [2.45, 2.75) is 32.2 Å². The summed E-state index contributed by atoms with van der Waals surface area (Å²) < 4.78 is 0. The summed E-state index contributed by atoms with van der Waals surface area (Å²) >= 11 is 0. The monoisotopic (exact) mass is 479 g/mol. The van der Waals surface area contributed by atoms with Gasteiger partial charge in [-0.25, -0.2) is 9.59 Å². The third-order valence-corrected chi connectivity index (χ3v) is 6.72. The minimum Gasteiger partial charge on any atom is -0.478 e. The van der Waals surface area contributed by atoms with E-state index in [0.717, 1.165) is 5.56 Å². The standard InChI is InChI=1S/C26H29N3O6/c1-17-22(24(30)31)26(23(25(32)33)18(2)28(17)4,20-11-8-12-21(15-20)29(34)35)13-14-27(3)16-19-9-6-5-7-10-19/h5-12,15H,13-14,16H2,1-4H3,(H,30,31)(H,32,33). The highest BCUT2D eigenvalue weighted by Crippen LogP contribution is 2.50. The average molecular weight is 480 g/mol. The lowest BCUT2D eigenvalue weighted by atomic mass is 9.63. The van der Waals surface area contributed by atoms with Gasteiger partial charge in [-0.2, -0.15) is 0 Å². The molecule has 9 heteroatoms. The van der Waals surface area contributed by atoms with Gasteiger partial charge in [0.1, 0.15) is 0 Å². The van der Waals surface area contributed by atoms with Gasteiger partial charge in [0.25, 0.3) is 5.69 Å². The summed E-state index contributed by atoms with van der Waals surface area (Å²) in [4.78, 5) is 39.9. The number of rotatable bonds is 9. The number of hydrogen-bond donors (Lipinski definition) is 2. The van der Waals surface area contributed by atoms with Crippen molar-refractivity contribution in [3.63, 3.8) is 0 Å². The van der Waals surface area contributed by atoms with Gasteiger partial charge in [0.15, 0.2) is 0 Å². The smallest absolute Gasteiger partial charge is 0.334 e. The van der Waals surface area contributed by atoms with E-state index < -0.39 is 22.3 Å². The van der Waals surface area contributed by atoms with E-state index in [1.165, 1.54) is 18.2 Å². The van der Waals surface area contributed by atoms with Crippen molar-refractivity contribution in [2.24, 2.45) is 0 Å². The van der Waals surface area contributed by atoms with Crippen LogP contribution >= 0.6 is 0 Å². The van der Waals surface area contributed by atoms with Gasteiger partial charge in [-0.15, -0.1) is 0 Å². The average Bonchev–Trinajstić information content (AvgIpc) is 2.81. The number of aliphatic carboxylic acids is 2. The van der Waals surface area contributed by atoms with Crippen molar-refractivity contribution in [3.8, 4) is 0 Å². The van der Waals surface area contributed by atoms with E-state index in [4.69, 9.17) is 0 Å². The first kappa shape index (κ1) is 25.6. The number of hydrogen-bond acceptors (Lipinski definition) is 6. The molecule has 2 aromatic carbocycles. The molecule has 0 spiro atoms. The Morgan fingerprint density at radius 1 is 1.00 bits per heavy atom. The molecule has 0 fully saturated rings. The second-order valence-electron chi connectivity index (χ2n) is 8.78. The molecule has 35 heavy (non-hydrogen) atoms. The number of carbonyl (C=O) groups is 2. The van der Waals surface area contributed by atoms with E-state index in [9.17, 15) is 29.9 Å². The SMILES string of the molecule is CC1=C(C(=O)O)C(CCN(C)Cc2ccccc2)(c2cccc([N+](=O)[O-])c2)C(C(=O)O)=C(C)N1C. The van der Waals surface area contributed by atoms with Crippen LogP contribution in [0.4, 0.5) is 5.69 Å². The minimum absolute atomic E-state index is 0.100. The van der Waals surface area contributed by atoms with Crippen LogP contribution in [0.25, 0.3) is 0 Å². The Morgan fingerprint density at radius 2 is 1.57 bits per heavy atom. The van der Waals surface area contributed by atoms with Crippen LogP contribution in [0.5, 0.6) is 0 Å². The molecule has 184 valence electrons. The Labute approximate surface area is 203 Å². The molecular weight excluding hydrogens is 450 g/mol. The molecule has 0 atom stereocenters. The van der Waals surface area contributed by atoms with Gasteiger partial charge in [0, 0.05) is 37.1 Å². The molecule has 0 aliphatic carbocycles. The summed E-state index contributed by atoms with van der Waals surface area (Å²) in [6.07, 6.45) is 0.100. The van der Waals surface area contributed by atoms with Crippen molar-refractivity contribution in [2.75, 3.05) is 20.6 Å². The number of nitrogens with zero attached hydrogens (tertiary/aromatic N) is 3. The summed E-state index contributed by atoms with van der Waals surface area (Å²) in [5.74, 6) is -2.53. The van der Waals surface area contributed by atoms with E-state index in [2.05, 4.69) is 0 Å². The molecular formula is C26H29N3O6. The zero-order valence-corrected chi connectivity index (χ0v) is 20.2. The lowest BCUT2D eigenvalue weighted by molar-refractivity contribution is -0.385. The molecule has 9 nitrogen and oxygen atoms in total. The third kappa shape index (κ3) is 4.81. The topological polar surface area (TPSA) is 124 Å². The molecule has 0 unspecified atom stereocenters. The Bertz CT molecular complexity index is 1180. The fourth-order valence-electron chi connectivity index (χ4n) is 4.90. The number of nitro benzene ring substituents is 1. The molecule has 2 aromatic rings. The fraction of sp³-hybridized carbons (Fsp3) is 0.308. The molecule has 0 saturated carbocycles.